The van der Waals surface area contributed by atoms with Gasteiger partial charge in [0.25, 0.3) is 0 Å². The fourth-order valence-corrected chi connectivity index (χ4v) is 3.04. The molecule has 0 aliphatic heterocycles. The molecule has 0 unspecified atom stereocenters. The molecule has 26 heavy (non-hydrogen) atoms. The smallest absolute Gasteiger partial charge is 0.0640 e. The minimum atomic E-state index is 0.924. The fraction of sp³-hybridized carbons (Fsp3) is 0.0833. The predicted octanol–water partition coefficient (Wildman–Crippen LogP) is 6.88. The van der Waals surface area contributed by atoms with Crippen LogP contribution in [0.2, 0.25) is 0 Å². The van der Waals surface area contributed by atoms with Crippen molar-refractivity contribution < 1.29 is 0 Å². The molecule has 4 rings (SSSR count). The number of rotatable bonds is 3. The Hall–Kier alpha value is -3.26. The Balaban J connectivity index is 1.65. The van der Waals surface area contributed by atoms with Gasteiger partial charge in [0.2, 0.25) is 0 Å². The zero-order chi connectivity index (χ0) is 17.9. The third-order valence-corrected chi connectivity index (χ3v) is 4.58. The van der Waals surface area contributed by atoms with Gasteiger partial charge in [-0.15, -0.1) is 0 Å². The summed E-state index contributed by atoms with van der Waals surface area (Å²) >= 11 is 0. The second-order valence-electron chi connectivity index (χ2n) is 6.46. The molecule has 0 heterocycles. The van der Waals surface area contributed by atoms with E-state index in [9.17, 15) is 0 Å². The van der Waals surface area contributed by atoms with E-state index >= 15 is 0 Å². The van der Waals surface area contributed by atoms with Crippen molar-refractivity contribution in [2.75, 3.05) is 0 Å². The second kappa shape index (κ2) is 6.93. The van der Waals surface area contributed by atoms with Crippen molar-refractivity contribution in [2.45, 2.75) is 13.8 Å². The summed E-state index contributed by atoms with van der Waals surface area (Å²) in [5, 5.41) is 4.85. The Morgan fingerprint density at radius 1 is 0.500 bits per heavy atom. The molecule has 0 radical (unpaired) electrons. The lowest BCUT2D eigenvalue weighted by molar-refractivity contribution is 1.49. The van der Waals surface area contributed by atoms with Crippen molar-refractivity contribution in [3.63, 3.8) is 0 Å². The van der Waals surface area contributed by atoms with Gasteiger partial charge < -0.3 is 0 Å². The molecule has 0 saturated heterocycles. The van der Waals surface area contributed by atoms with Crippen LogP contribution in [0.15, 0.2) is 94.9 Å². The molecule has 0 spiro atoms. The number of nitrogens with zero attached hydrogens (tertiary/aromatic N) is 2. The van der Waals surface area contributed by atoms with Crippen molar-refractivity contribution in [3.05, 3.63) is 84.9 Å². The molecule has 0 bridgehead atoms. The highest BCUT2D eigenvalue weighted by Gasteiger charge is 2.01. The van der Waals surface area contributed by atoms with E-state index in [1.54, 1.807) is 0 Å². The van der Waals surface area contributed by atoms with Gasteiger partial charge in [0.1, 0.15) is 0 Å². The van der Waals surface area contributed by atoms with Crippen LogP contribution in [0.25, 0.3) is 21.5 Å². The minimum absolute atomic E-state index is 0.924. The molecule has 0 atom stereocenters. The minimum Gasteiger partial charge on any atom is -0.252 e. The largest absolute Gasteiger partial charge is 0.252 e. The van der Waals surface area contributed by atoms with Crippen LogP contribution in [0, 0.1) is 0 Å². The van der Waals surface area contributed by atoms with Crippen molar-refractivity contribution in [3.8, 4) is 0 Å². The highest BCUT2D eigenvalue weighted by atomic mass is 14.8. The van der Waals surface area contributed by atoms with E-state index in [2.05, 4.69) is 84.9 Å². The molecular weight excluding hydrogens is 316 g/mol. The number of fused-ring (bicyclic) bond motifs is 2. The molecule has 0 N–H and O–H groups in total. The summed E-state index contributed by atoms with van der Waals surface area (Å²) in [4.78, 5) is 9.51. The van der Waals surface area contributed by atoms with Crippen molar-refractivity contribution in [1.29, 1.82) is 0 Å². The average Bonchev–Trinajstić information content (AvgIpc) is 2.67. The molecule has 0 aliphatic rings. The topological polar surface area (TPSA) is 24.7 Å². The Morgan fingerprint density at radius 2 is 0.885 bits per heavy atom. The summed E-state index contributed by atoms with van der Waals surface area (Å²) in [7, 11) is 0. The molecule has 4 aromatic carbocycles. The predicted molar refractivity (Wildman–Crippen MR) is 113 cm³/mol. The van der Waals surface area contributed by atoms with E-state index in [1.807, 2.05) is 13.8 Å². The van der Waals surface area contributed by atoms with Gasteiger partial charge in [-0.25, -0.2) is 0 Å². The first-order chi connectivity index (χ1) is 12.7. The van der Waals surface area contributed by atoms with Crippen LogP contribution in [0.1, 0.15) is 13.8 Å². The molecule has 0 aliphatic carbocycles. The first kappa shape index (κ1) is 16.2. The molecule has 2 heteroatoms. The molecule has 0 amide bonds. The maximum Gasteiger partial charge on any atom is 0.0640 e. The Kier molecular flexibility index (Phi) is 4.32. The van der Waals surface area contributed by atoms with Gasteiger partial charge >= 0.3 is 0 Å². The van der Waals surface area contributed by atoms with Crippen LogP contribution < -0.4 is 0 Å². The lowest BCUT2D eigenvalue weighted by atomic mass is 10.1. The van der Waals surface area contributed by atoms with Crippen LogP contribution in [0.3, 0.4) is 0 Å². The van der Waals surface area contributed by atoms with Gasteiger partial charge in [0.05, 0.1) is 22.8 Å². The van der Waals surface area contributed by atoms with Gasteiger partial charge in [-0.3, -0.25) is 9.98 Å². The van der Waals surface area contributed by atoms with E-state index in [1.165, 1.54) is 21.5 Å². The standard InChI is InChI=1S/C24H20N2/c1-17(25-23-13-11-19-7-3-5-9-21(19)15-23)18(2)26-24-14-12-20-8-4-6-10-22(20)16-24/h3-16H,1-2H3. The molecule has 0 aromatic heterocycles. The number of benzene rings is 4. The van der Waals surface area contributed by atoms with Gasteiger partial charge in [0, 0.05) is 0 Å². The monoisotopic (exact) mass is 336 g/mol. The summed E-state index contributed by atoms with van der Waals surface area (Å²) < 4.78 is 0. The van der Waals surface area contributed by atoms with E-state index < -0.39 is 0 Å². The number of hydrogen-bond acceptors (Lipinski definition) is 2. The number of hydrogen-bond donors (Lipinski definition) is 0. The molecule has 0 saturated carbocycles. The summed E-state index contributed by atoms with van der Waals surface area (Å²) in [5.74, 6) is 0. The van der Waals surface area contributed by atoms with Gasteiger partial charge in [-0.1, -0.05) is 60.7 Å². The molecule has 126 valence electrons. The first-order valence-electron chi connectivity index (χ1n) is 8.78. The maximum absolute atomic E-state index is 4.75. The highest BCUT2D eigenvalue weighted by Crippen LogP contribution is 2.23. The molecule has 4 aromatic rings. The summed E-state index contributed by atoms with van der Waals surface area (Å²) in [5.41, 5.74) is 3.76. The van der Waals surface area contributed by atoms with Crippen LogP contribution in [-0.4, -0.2) is 11.4 Å². The fourth-order valence-electron chi connectivity index (χ4n) is 3.04. The number of aliphatic imine (C=N–C) groups is 2. The second-order valence-corrected chi connectivity index (χ2v) is 6.46. The third-order valence-electron chi connectivity index (χ3n) is 4.58. The van der Waals surface area contributed by atoms with E-state index in [0.29, 0.717) is 0 Å². The quantitative estimate of drug-likeness (QED) is 0.364. The highest BCUT2D eigenvalue weighted by molar-refractivity contribution is 6.41. The lowest BCUT2D eigenvalue weighted by Crippen LogP contribution is -2.04. The zero-order valence-corrected chi connectivity index (χ0v) is 15.0. The maximum atomic E-state index is 4.75. The van der Waals surface area contributed by atoms with Crippen LogP contribution in [0.5, 0.6) is 0 Å². The Morgan fingerprint density at radius 3 is 1.31 bits per heavy atom. The molecular formula is C24H20N2. The van der Waals surface area contributed by atoms with E-state index in [0.717, 1.165) is 22.8 Å². The lowest BCUT2D eigenvalue weighted by Gasteiger charge is -2.04. The normalized spacial score (nSPS) is 12.7. The van der Waals surface area contributed by atoms with E-state index in [4.69, 9.17) is 9.98 Å². The van der Waals surface area contributed by atoms with Crippen molar-refractivity contribution in [2.24, 2.45) is 9.98 Å². The first-order valence-corrected chi connectivity index (χ1v) is 8.78. The van der Waals surface area contributed by atoms with Crippen molar-refractivity contribution in [1.82, 2.24) is 0 Å². The SMILES string of the molecule is CC(=Nc1ccc2ccccc2c1)C(C)=Nc1ccc2ccccc2c1. The average molecular weight is 336 g/mol. The van der Waals surface area contributed by atoms with Crippen LogP contribution >= 0.6 is 0 Å². The molecule has 0 fully saturated rings. The van der Waals surface area contributed by atoms with Gasteiger partial charge in [0.15, 0.2) is 0 Å². The summed E-state index contributed by atoms with van der Waals surface area (Å²) in [6, 6.07) is 29.2. The van der Waals surface area contributed by atoms with Gasteiger partial charge in [-0.2, -0.15) is 0 Å². The summed E-state index contributed by atoms with van der Waals surface area (Å²) in [6.07, 6.45) is 0. The van der Waals surface area contributed by atoms with E-state index in [-0.39, 0.29) is 0 Å². The molecule has 2 nitrogen and oxygen atoms in total. The van der Waals surface area contributed by atoms with Crippen LogP contribution in [-0.2, 0) is 0 Å². The zero-order valence-electron chi connectivity index (χ0n) is 15.0. The van der Waals surface area contributed by atoms with Crippen molar-refractivity contribution >= 4 is 44.3 Å². The Labute approximate surface area is 153 Å². The van der Waals surface area contributed by atoms with Gasteiger partial charge in [-0.05, 0) is 59.7 Å². The summed E-state index contributed by atoms with van der Waals surface area (Å²) in [6.45, 7) is 4.02. The Bertz CT molecular complexity index is 1060. The van der Waals surface area contributed by atoms with Crippen LogP contribution in [0.4, 0.5) is 11.4 Å². The third kappa shape index (κ3) is 3.40.